The summed E-state index contributed by atoms with van der Waals surface area (Å²) in [6.07, 6.45) is 1.79. The van der Waals surface area contributed by atoms with Gasteiger partial charge in [-0.3, -0.25) is 4.98 Å². The molecule has 0 radical (unpaired) electrons. The van der Waals surface area contributed by atoms with E-state index in [2.05, 4.69) is 52.8 Å². The SMILES string of the molecule is Brc1cc(Br)c(-c2ccccn2)c(Br)c1. The minimum atomic E-state index is 0.948. The van der Waals surface area contributed by atoms with E-state index < -0.39 is 0 Å². The number of nitrogens with zero attached hydrogens (tertiary/aromatic N) is 1. The molecule has 4 heteroatoms. The van der Waals surface area contributed by atoms with Crippen LogP contribution in [0.3, 0.4) is 0 Å². The van der Waals surface area contributed by atoms with Gasteiger partial charge in [-0.15, -0.1) is 0 Å². The molecule has 0 atom stereocenters. The van der Waals surface area contributed by atoms with Gasteiger partial charge in [0.05, 0.1) is 5.69 Å². The van der Waals surface area contributed by atoms with E-state index in [0.717, 1.165) is 24.7 Å². The standard InChI is InChI=1S/C11H6Br3N/c12-7-5-8(13)11(9(14)6-7)10-3-1-2-4-15-10/h1-6H. The van der Waals surface area contributed by atoms with Crippen molar-refractivity contribution in [3.05, 3.63) is 49.9 Å². The topological polar surface area (TPSA) is 12.9 Å². The predicted molar refractivity (Wildman–Crippen MR) is 72.8 cm³/mol. The molecule has 0 bridgehead atoms. The van der Waals surface area contributed by atoms with Crippen LogP contribution in [-0.4, -0.2) is 4.98 Å². The van der Waals surface area contributed by atoms with Crippen LogP contribution in [0.4, 0.5) is 0 Å². The first-order valence-electron chi connectivity index (χ1n) is 4.24. The molecule has 0 aliphatic carbocycles. The third-order valence-corrected chi connectivity index (χ3v) is 3.64. The van der Waals surface area contributed by atoms with E-state index in [-0.39, 0.29) is 0 Å². The summed E-state index contributed by atoms with van der Waals surface area (Å²) in [7, 11) is 0. The Balaban J connectivity index is 2.64. The van der Waals surface area contributed by atoms with E-state index in [1.54, 1.807) is 6.20 Å². The van der Waals surface area contributed by atoms with Crippen LogP contribution in [-0.2, 0) is 0 Å². The van der Waals surface area contributed by atoms with Gasteiger partial charge in [-0.05, 0) is 24.3 Å². The summed E-state index contributed by atoms with van der Waals surface area (Å²) in [5.74, 6) is 0. The quantitative estimate of drug-likeness (QED) is 0.664. The molecular formula is C11H6Br3N. The van der Waals surface area contributed by atoms with Crippen molar-refractivity contribution in [2.24, 2.45) is 0 Å². The first-order valence-corrected chi connectivity index (χ1v) is 6.62. The Morgan fingerprint density at radius 2 is 1.60 bits per heavy atom. The van der Waals surface area contributed by atoms with Crippen molar-refractivity contribution in [2.75, 3.05) is 0 Å². The summed E-state index contributed by atoms with van der Waals surface area (Å²) in [5, 5.41) is 0. The number of hydrogen-bond donors (Lipinski definition) is 0. The molecule has 0 saturated heterocycles. The third-order valence-electron chi connectivity index (χ3n) is 1.93. The molecule has 2 rings (SSSR count). The van der Waals surface area contributed by atoms with Crippen molar-refractivity contribution in [3.8, 4) is 11.3 Å². The molecule has 1 heterocycles. The monoisotopic (exact) mass is 389 g/mol. The Hall–Kier alpha value is -0.190. The zero-order valence-electron chi connectivity index (χ0n) is 7.55. The molecule has 76 valence electrons. The van der Waals surface area contributed by atoms with Crippen molar-refractivity contribution in [1.82, 2.24) is 4.98 Å². The normalized spacial score (nSPS) is 10.3. The van der Waals surface area contributed by atoms with E-state index in [4.69, 9.17) is 0 Å². The second-order valence-corrected chi connectivity index (χ2v) is 5.58. The van der Waals surface area contributed by atoms with Gasteiger partial charge in [-0.2, -0.15) is 0 Å². The van der Waals surface area contributed by atoms with Gasteiger partial charge in [0.15, 0.2) is 0 Å². The Morgan fingerprint density at radius 3 is 2.13 bits per heavy atom. The Morgan fingerprint density at radius 1 is 0.933 bits per heavy atom. The number of pyridine rings is 1. The molecule has 0 N–H and O–H groups in total. The summed E-state index contributed by atoms with van der Waals surface area (Å²) < 4.78 is 3.06. The number of halogens is 3. The summed E-state index contributed by atoms with van der Waals surface area (Å²) in [5.41, 5.74) is 2.02. The van der Waals surface area contributed by atoms with Crippen LogP contribution in [0.2, 0.25) is 0 Å². The Kier molecular flexibility index (Phi) is 3.59. The second-order valence-electron chi connectivity index (χ2n) is 2.96. The molecule has 1 aromatic carbocycles. The molecule has 0 saturated carbocycles. The summed E-state index contributed by atoms with van der Waals surface area (Å²) in [6.45, 7) is 0. The highest BCUT2D eigenvalue weighted by Gasteiger charge is 2.09. The average molecular weight is 392 g/mol. The number of aromatic nitrogens is 1. The fraction of sp³-hybridized carbons (Fsp3) is 0. The molecule has 1 aromatic heterocycles. The van der Waals surface area contributed by atoms with Crippen molar-refractivity contribution < 1.29 is 0 Å². The van der Waals surface area contributed by atoms with E-state index in [1.165, 1.54) is 0 Å². The summed E-state index contributed by atoms with van der Waals surface area (Å²) >= 11 is 10.5. The van der Waals surface area contributed by atoms with E-state index >= 15 is 0 Å². The Labute approximate surface area is 113 Å². The van der Waals surface area contributed by atoms with Crippen LogP contribution in [0.15, 0.2) is 49.9 Å². The van der Waals surface area contributed by atoms with Crippen LogP contribution in [0.1, 0.15) is 0 Å². The van der Waals surface area contributed by atoms with Crippen molar-refractivity contribution >= 4 is 47.8 Å². The van der Waals surface area contributed by atoms with Crippen LogP contribution in [0, 0.1) is 0 Å². The van der Waals surface area contributed by atoms with Gasteiger partial charge in [-0.25, -0.2) is 0 Å². The number of hydrogen-bond acceptors (Lipinski definition) is 1. The van der Waals surface area contributed by atoms with E-state index in [0.29, 0.717) is 0 Å². The first kappa shape index (κ1) is 11.3. The highest BCUT2D eigenvalue weighted by molar-refractivity contribution is 9.11. The molecule has 15 heavy (non-hydrogen) atoms. The predicted octanol–water partition coefficient (Wildman–Crippen LogP) is 5.04. The fourth-order valence-corrected chi connectivity index (χ4v) is 3.96. The van der Waals surface area contributed by atoms with Gasteiger partial charge in [0.2, 0.25) is 0 Å². The molecule has 0 unspecified atom stereocenters. The lowest BCUT2D eigenvalue weighted by molar-refractivity contribution is 1.31. The van der Waals surface area contributed by atoms with Gasteiger partial charge in [-0.1, -0.05) is 53.9 Å². The smallest absolute Gasteiger partial charge is 0.0724 e. The molecule has 2 aromatic rings. The maximum absolute atomic E-state index is 4.33. The highest BCUT2D eigenvalue weighted by atomic mass is 79.9. The van der Waals surface area contributed by atoms with Gasteiger partial charge in [0.25, 0.3) is 0 Å². The molecule has 0 fully saturated rings. The van der Waals surface area contributed by atoms with E-state index in [1.807, 2.05) is 30.3 Å². The number of rotatable bonds is 1. The maximum atomic E-state index is 4.33. The largest absolute Gasteiger partial charge is 0.256 e. The zero-order chi connectivity index (χ0) is 10.8. The van der Waals surface area contributed by atoms with Crippen LogP contribution < -0.4 is 0 Å². The average Bonchev–Trinajstić information content (AvgIpc) is 2.17. The highest BCUT2D eigenvalue weighted by Crippen LogP contribution is 2.36. The van der Waals surface area contributed by atoms with Gasteiger partial charge in [0.1, 0.15) is 0 Å². The molecule has 0 aliphatic heterocycles. The van der Waals surface area contributed by atoms with Gasteiger partial charge < -0.3 is 0 Å². The third kappa shape index (κ3) is 2.49. The zero-order valence-corrected chi connectivity index (χ0v) is 12.3. The summed E-state index contributed by atoms with van der Waals surface area (Å²) in [6, 6.07) is 9.88. The minimum Gasteiger partial charge on any atom is -0.256 e. The van der Waals surface area contributed by atoms with E-state index in [9.17, 15) is 0 Å². The lowest BCUT2D eigenvalue weighted by Crippen LogP contribution is -1.85. The maximum Gasteiger partial charge on any atom is 0.0724 e. The summed E-state index contributed by atoms with van der Waals surface area (Å²) in [4.78, 5) is 4.33. The van der Waals surface area contributed by atoms with Crippen molar-refractivity contribution in [2.45, 2.75) is 0 Å². The lowest BCUT2D eigenvalue weighted by atomic mass is 10.1. The van der Waals surface area contributed by atoms with Gasteiger partial charge in [0, 0.05) is 25.2 Å². The first-order chi connectivity index (χ1) is 7.18. The van der Waals surface area contributed by atoms with Crippen LogP contribution >= 0.6 is 47.8 Å². The lowest BCUT2D eigenvalue weighted by Gasteiger charge is -2.07. The molecular weight excluding hydrogens is 386 g/mol. The molecule has 0 aliphatic rings. The van der Waals surface area contributed by atoms with Crippen molar-refractivity contribution in [1.29, 1.82) is 0 Å². The molecule has 0 spiro atoms. The van der Waals surface area contributed by atoms with Crippen LogP contribution in [0.25, 0.3) is 11.3 Å². The Bertz CT molecular complexity index is 459. The molecule has 1 nitrogen and oxygen atoms in total. The van der Waals surface area contributed by atoms with Crippen molar-refractivity contribution in [3.63, 3.8) is 0 Å². The fourth-order valence-electron chi connectivity index (χ4n) is 1.30. The van der Waals surface area contributed by atoms with Crippen LogP contribution in [0.5, 0.6) is 0 Å². The van der Waals surface area contributed by atoms with Gasteiger partial charge >= 0.3 is 0 Å². The minimum absolute atomic E-state index is 0.948. The number of benzene rings is 1. The second kappa shape index (κ2) is 4.76. The molecule has 0 amide bonds.